The van der Waals surface area contributed by atoms with E-state index in [0.29, 0.717) is 18.2 Å². The zero-order valence-corrected chi connectivity index (χ0v) is 19.0. The molecule has 5 aromatic rings. The number of nitrogens with zero attached hydrogens (tertiary/aromatic N) is 3. The number of rotatable bonds is 7. The summed E-state index contributed by atoms with van der Waals surface area (Å²) in [6, 6.07) is 27.9. The van der Waals surface area contributed by atoms with E-state index in [1.807, 2.05) is 96.7 Å². The third kappa shape index (κ3) is 4.83. The fraction of sp³-hybridized carbons (Fsp3) is 0.111. The lowest BCUT2D eigenvalue weighted by atomic mass is 10.2. The van der Waals surface area contributed by atoms with E-state index in [1.165, 1.54) is 0 Å². The molecule has 3 aromatic carbocycles. The maximum absolute atomic E-state index is 6.30. The number of benzene rings is 3. The maximum atomic E-state index is 6.30. The SMILES string of the molecule is Cc1cc(-c2cnc(-c3ccccc3)[nH]2)nn1Cc1cc(Cl)ccc1OCc1ccccc1. The Morgan fingerprint density at radius 3 is 2.48 bits per heavy atom. The third-order valence-electron chi connectivity index (χ3n) is 5.46. The van der Waals surface area contributed by atoms with E-state index in [1.54, 1.807) is 0 Å². The zero-order valence-electron chi connectivity index (χ0n) is 18.2. The Morgan fingerprint density at radius 1 is 0.939 bits per heavy atom. The average Bonchev–Trinajstić information content (AvgIpc) is 3.47. The number of H-pyrrole nitrogens is 1. The van der Waals surface area contributed by atoms with Gasteiger partial charge in [-0.2, -0.15) is 5.10 Å². The molecule has 0 fully saturated rings. The van der Waals surface area contributed by atoms with Gasteiger partial charge in [0.1, 0.15) is 23.9 Å². The molecule has 0 bridgehead atoms. The van der Waals surface area contributed by atoms with Crippen LogP contribution >= 0.6 is 11.6 Å². The van der Waals surface area contributed by atoms with Gasteiger partial charge in [0.05, 0.1) is 18.4 Å². The molecule has 2 aromatic heterocycles. The number of nitrogens with one attached hydrogen (secondary N) is 1. The molecule has 0 spiro atoms. The van der Waals surface area contributed by atoms with Crippen molar-refractivity contribution in [1.29, 1.82) is 0 Å². The van der Waals surface area contributed by atoms with Crippen molar-refractivity contribution in [3.63, 3.8) is 0 Å². The van der Waals surface area contributed by atoms with Crippen molar-refractivity contribution in [1.82, 2.24) is 19.7 Å². The Balaban J connectivity index is 1.37. The summed E-state index contributed by atoms with van der Waals surface area (Å²) < 4.78 is 8.08. The monoisotopic (exact) mass is 454 g/mol. The number of halogens is 1. The van der Waals surface area contributed by atoms with Crippen molar-refractivity contribution in [2.45, 2.75) is 20.1 Å². The number of hydrogen-bond acceptors (Lipinski definition) is 3. The lowest BCUT2D eigenvalue weighted by molar-refractivity contribution is 0.302. The number of hydrogen-bond donors (Lipinski definition) is 1. The van der Waals surface area contributed by atoms with Crippen molar-refractivity contribution >= 4 is 11.6 Å². The Morgan fingerprint density at radius 2 is 1.70 bits per heavy atom. The summed E-state index contributed by atoms with van der Waals surface area (Å²) in [5.41, 5.74) is 5.89. The van der Waals surface area contributed by atoms with E-state index in [4.69, 9.17) is 21.4 Å². The Hall–Kier alpha value is -3.83. The second-order valence-electron chi connectivity index (χ2n) is 7.87. The molecule has 1 N–H and O–H groups in total. The lowest BCUT2D eigenvalue weighted by Gasteiger charge is -2.13. The van der Waals surface area contributed by atoms with Crippen LogP contribution in [0.15, 0.2) is 91.1 Å². The second-order valence-corrected chi connectivity index (χ2v) is 8.30. The van der Waals surface area contributed by atoms with Crippen LogP contribution in [0.5, 0.6) is 5.75 Å². The largest absolute Gasteiger partial charge is 0.489 e. The summed E-state index contributed by atoms with van der Waals surface area (Å²) in [7, 11) is 0. The molecule has 2 heterocycles. The molecule has 0 amide bonds. The Labute approximate surface area is 197 Å². The summed E-state index contributed by atoms with van der Waals surface area (Å²) in [6.07, 6.45) is 1.82. The van der Waals surface area contributed by atoms with Gasteiger partial charge in [-0.05, 0) is 36.8 Å². The van der Waals surface area contributed by atoms with Gasteiger partial charge in [-0.15, -0.1) is 0 Å². The highest BCUT2D eigenvalue weighted by Crippen LogP contribution is 2.27. The van der Waals surface area contributed by atoms with E-state index >= 15 is 0 Å². The Bertz CT molecular complexity index is 1360. The predicted octanol–water partition coefficient (Wildman–Crippen LogP) is 6.53. The van der Waals surface area contributed by atoms with E-state index in [2.05, 4.69) is 16.0 Å². The quantitative estimate of drug-likeness (QED) is 0.304. The van der Waals surface area contributed by atoms with Crippen molar-refractivity contribution < 1.29 is 4.74 Å². The van der Waals surface area contributed by atoms with Crippen molar-refractivity contribution in [2.75, 3.05) is 0 Å². The topological polar surface area (TPSA) is 55.7 Å². The summed E-state index contributed by atoms with van der Waals surface area (Å²) in [4.78, 5) is 7.90. The van der Waals surface area contributed by atoms with Crippen LogP contribution in [0.25, 0.3) is 22.8 Å². The van der Waals surface area contributed by atoms with Crippen molar-refractivity contribution in [3.05, 3.63) is 113 Å². The number of imidazole rings is 1. The lowest BCUT2D eigenvalue weighted by Crippen LogP contribution is -2.06. The zero-order chi connectivity index (χ0) is 22.6. The number of aryl methyl sites for hydroxylation is 1. The van der Waals surface area contributed by atoms with Crippen LogP contribution in [-0.2, 0) is 13.2 Å². The van der Waals surface area contributed by atoms with Gasteiger partial charge in [-0.25, -0.2) is 4.98 Å². The first-order valence-electron chi connectivity index (χ1n) is 10.8. The van der Waals surface area contributed by atoms with Gasteiger partial charge >= 0.3 is 0 Å². The van der Waals surface area contributed by atoms with Crippen LogP contribution < -0.4 is 4.74 Å². The Kier molecular flexibility index (Phi) is 5.96. The van der Waals surface area contributed by atoms with Gasteiger partial charge in [-0.1, -0.05) is 72.3 Å². The van der Waals surface area contributed by atoms with E-state index in [0.717, 1.165) is 45.3 Å². The first kappa shape index (κ1) is 21.0. The highest BCUT2D eigenvalue weighted by molar-refractivity contribution is 6.30. The molecule has 33 heavy (non-hydrogen) atoms. The minimum Gasteiger partial charge on any atom is -0.489 e. The van der Waals surface area contributed by atoms with Gasteiger partial charge < -0.3 is 9.72 Å². The first-order chi connectivity index (χ1) is 16.2. The van der Waals surface area contributed by atoms with Crippen LogP contribution in [0.1, 0.15) is 16.8 Å². The van der Waals surface area contributed by atoms with Gasteiger partial charge in [0.2, 0.25) is 0 Å². The van der Waals surface area contributed by atoms with Gasteiger partial charge in [0.25, 0.3) is 0 Å². The normalized spacial score (nSPS) is 11.0. The fourth-order valence-electron chi connectivity index (χ4n) is 3.71. The van der Waals surface area contributed by atoms with Gasteiger partial charge in [0, 0.05) is 21.8 Å². The van der Waals surface area contributed by atoms with Gasteiger partial charge in [0.15, 0.2) is 0 Å². The molecule has 0 unspecified atom stereocenters. The standard InChI is InChI=1S/C27H23ClN4O/c1-19-14-24(25-16-29-27(30-25)21-10-6-3-7-11-21)31-32(19)17-22-15-23(28)12-13-26(22)33-18-20-8-4-2-5-9-20/h2-16H,17-18H2,1H3,(H,29,30). The van der Waals surface area contributed by atoms with Crippen LogP contribution in [0.3, 0.4) is 0 Å². The molecule has 0 aliphatic heterocycles. The molecule has 0 aliphatic rings. The van der Waals surface area contributed by atoms with Crippen molar-refractivity contribution in [2.24, 2.45) is 0 Å². The second kappa shape index (κ2) is 9.35. The molecule has 5 rings (SSSR count). The van der Waals surface area contributed by atoms with E-state index in [9.17, 15) is 0 Å². The summed E-state index contributed by atoms with van der Waals surface area (Å²) in [5.74, 6) is 1.62. The van der Waals surface area contributed by atoms with Crippen molar-refractivity contribution in [3.8, 4) is 28.5 Å². The summed E-state index contributed by atoms with van der Waals surface area (Å²) in [6.45, 7) is 3.09. The minimum absolute atomic E-state index is 0.495. The van der Waals surface area contributed by atoms with Crippen LogP contribution in [0.4, 0.5) is 0 Å². The number of ether oxygens (including phenoxy) is 1. The van der Waals surface area contributed by atoms with Crippen LogP contribution in [0, 0.1) is 6.92 Å². The smallest absolute Gasteiger partial charge is 0.137 e. The number of aromatic nitrogens is 4. The molecular formula is C27H23ClN4O. The van der Waals surface area contributed by atoms with Gasteiger partial charge in [-0.3, -0.25) is 4.68 Å². The molecule has 0 radical (unpaired) electrons. The van der Waals surface area contributed by atoms with E-state index < -0.39 is 0 Å². The first-order valence-corrected chi connectivity index (χ1v) is 11.1. The molecule has 0 saturated heterocycles. The molecule has 0 aliphatic carbocycles. The minimum atomic E-state index is 0.495. The molecule has 5 nitrogen and oxygen atoms in total. The van der Waals surface area contributed by atoms with Crippen LogP contribution in [0.2, 0.25) is 5.02 Å². The highest BCUT2D eigenvalue weighted by Gasteiger charge is 2.13. The molecule has 164 valence electrons. The van der Waals surface area contributed by atoms with E-state index in [-0.39, 0.29) is 0 Å². The number of aromatic amines is 1. The molecule has 0 saturated carbocycles. The molecule has 6 heteroatoms. The maximum Gasteiger partial charge on any atom is 0.137 e. The predicted molar refractivity (Wildman–Crippen MR) is 131 cm³/mol. The fourth-order valence-corrected chi connectivity index (χ4v) is 3.90. The van der Waals surface area contributed by atoms with Crippen LogP contribution in [-0.4, -0.2) is 19.7 Å². The molecule has 0 atom stereocenters. The third-order valence-corrected chi connectivity index (χ3v) is 5.70. The molecular weight excluding hydrogens is 432 g/mol. The highest BCUT2D eigenvalue weighted by atomic mass is 35.5. The summed E-state index contributed by atoms with van der Waals surface area (Å²) in [5, 5.41) is 5.49. The average molecular weight is 455 g/mol. The summed E-state index contributed by atoms with van der Waals surface area (Å²) >= 11 is 6.30.